The highest BCUT2D eigenvalue weighted by molar-refractivity contribution is 7.25. The summed E-state index contributed by atoms with van der Waals surface area (Å²) >= 11 is 1.79. The number of rotatable bonds is 5. The number of fused-ring (bicyclic) bond motifs is 10. The Balaban J connectivity index is 1.14. The van der Waals surface area contributed by atoms with Crippen LogP contribution in [0, 0.1) is 0 Å². The molecular weight excluding hydrogens is 765 g/mol. The van der Waals surface area contributed by atoms with Crippen molar-refractivity contribution in [3.8, 4) is 51.0 Å². The van der Waals surface area contributed by atoms with E-state index in [0.717, 1.165) is 71.9 Å². The summed E-state index contributed by atoms with van der Waals surface area (Å²) < 4.78 is 11.5. The Kier molecular flexibility index (Phi) is 7.41. The molecule has 6 heteroatoms. The van der Waals surface area contributed by atoms with E-state index in [1.54, 1.807) is 11.3 Å². The highest BCUT2D eigenvalue weighted by atomic mass is 32.1. The molecule has 13 rings (SSSR count). The average Bonchev–Trinajstić information content (AvgIpc) is 4.00. The Morgan fingerprint density at radius 3 is 1.87 bits per heavy atom. The number of para-hydroxylation sites is 2. The Labute approximate surface area is 353 Å². The smallest absolute Gasteiger partial charge is 0.166 e. The fraction of sp³-hybridized carbons (Fsp3) is 0. The number of hydrogen-bond acceptors (Lipinski definition) is 5. The molecule has 9 aromatic carbocycles. The Morgan fingerprint density at radius 2 is 1.02 bits per heavy atom. The third-order valence-corrected chi connectivity index (χ3v) is 13.2. The molecule has 0 aliphatic heterocycles. The van der Waals surface area contributed by atoms with Crippen molar-refractivity contribution in [3.63, 3.8) is 0 Å². The van der Waals surface area contributed by atoms with Crippen molar-refractivity contribution in [2.75, 3.05) is 0 Å². The van der Waals surface area contributed by atoms with Gasteiger partial charge in [0.15, 0.2) is 17.5 Å². The second-order valence-corrected chi connectivity index (χ2v) is 16.6. The summed E-state index contributed by atoms with van der Waals surface area (Å²) in [5.74, 6) is 1.81. The maximum absolute atomic E-state index is 6.63. The van der Waals surface area contributed by atoms with Gasteiger partial charge in [0, 0.05) is 53.0 Å². The summed E-state index contributed by atoms with van der Waals surface area (Å²) in [7, 11) is 0. The molecule has 0 radical (unpaired) electrons. The lowest BCUT2D eigenvalue weighted by Gasteiger charge is -2.16. The molecule has 0 bridgehead atoms. The van der Waals surface area contributed by atoms with E-state index < -0.39 is 0 Å². The van der Waals surface area contributed by atoms with Crippen molar-refractivity contribution in [3.05, 3.63) is 194 Å². The monoisotopic (exact) mass is 796 g/mol. The molecule has 0 aliphatic carbocycles. The Bertz CT molecular complexity index is 3880. The number of hydrogen-bond donors (Lipinski definition) is 0. The molecule has 0 amide bonds. The predicted molar refractivity (Wildman–Crippen MR) is 254 cm³/mol. The SMILES string of the molecule is c1ccc(-c2ccc(-c3nc(-c4ccc5oc6ccccc6c5c4-n4c5ccccc5c5cc6ccccc6cc54)nc(-c4cccc5sc6ccccc6c45)n3)cc2)cc1. The van der Waals surface area contributed by atoms with Crippen LogP contribution in [0.2, 0.25) is 0 Å². The van der Waals surface area contributed by atoms with Crippen LogP contribution < -0.4 is 0 Å². The highest BCUT2D eigenvalue weighted by Gasteiger charge is 2.25. The van der Waals surface area contributed by atoms with Crippen molar-refractivity contribution in [1.29, 1.82) is 0 Å². The van der Waals surface area contributed by atoms with Crippen LogP contribution in [-0.2, 0) is 0 Å². The van der Waals surface area contributed by atoms with Gasteiger partial charge in [0.05, 0.1) is 22.1 Å². The summed E-state index contributed by atoms with van der Waals surface area (Å²) in [6.07, 6.45) is 0. The van der Waals surface area contributed by atoms with Gasteiger partial charge in [-0.2, -0.15) is 0 Å². The first kappa shape index (κ1) is 34.0. The maximum atomic E-state index is 6.63. The summed E-state index contributed by atoms with van der Waals surface area (Å²) in [5, 5.41) is 9.10. The lowest BCUT2D eigenvalue weighted by atomic mass is 10.0. The molecule has 4 heterocycles. The van der Waals surface area contributed by atoms with E-state index in [1.165, 1.54) is 36.3 Å². The van der Waals surface area contributed by atoms with Gasteiger partial charge < -0.3 is 8.98 Å². The van der Waals surface area contributed by atoms with Crippen LogP contribution in [0.25, 0.3) is 126 Å². The standard InChI is InChI=1S/C55H32N4OS/c1-2-13-33(14-3-1)34-25-27-35(28-26-34)53-56-54(41-20-12-24-49-50(41)40-19-8-11-23-48(40)61-49)58-55(57-53)42-29-30-47-51(39-18-7-10-22-46(39)60-47)52(42)59-44-21-9-6-17-38(44)43-31-36-15-4-5-16-37(36)32-45(43)59/h1-32H. The van der Waals surface area contributed by atoms with E-state index in [4.69, 9.17) is 19.4 Å². The van der Waals surface area contributed by atoms with Gasteiger partial charge in [0.25, 0.3) is 0 Å². The summed E-state index contributed by atoms with van der Waals surface area (Å²) in [4.78, 5) is 16.2. The number of furan rings is 1. The molecule has 0 atom stereocenters. The zero-order valence-corrected chi connectivity index (χ0v) is 33.4. The lowest BCUT2D eigenvalue weighted by Crippen LogP contribution is -2.04. The third-order valence-electron chi connectivity index (χ3n) is 12.0. The fourth-order valence-electron chi connectivity index (χ4n) is 9.26. The molecule has 0 saturated heterocycles. The summed E-state index contributed by atoms with van der Waals surface area (Å²) in [6, 6.07) is 68.5. The zero-order valence-electron chi connectivity index (χ0n) is 32.6. The van der Waals surface area contributed by atoms with E-state index in [9.17, 15) is 0 Å². The molecule has 13 aromatic rings. The second kappa shape index (κ2) is 13.3. The third kappa shape index (κ3) is 5.29. The topological polar surface area (TPSA) is 56.7 Å². The first-order valence-corrected chi connectivity index (χ1v) is 21.2. The van der Waals surface area contributed by atoms with Gasteiger partial charge >= 0.3 is 0 Å². The van der Waals surface area contributed by atoms with Crippen molar-refractivity contribution < 1.29 is 4.42 Å². The minimum Gasteiger partial charge on any atom is -0.456 e. The number of nitrogens with zero attached hydrogens (tertiary/aromatic N) is 4. The van der Waals surface area contributed by atoms with Gasteiger partial charge in [0.1, 0.15) is 11.2 Å². The normalized spacial score (nSPS) is 11.9. The van der Waals surface area contributed by atoms with Crippen LogP contribution in [0.15, 0.2) is 199 Å². The van der Waals surface area contributed by atoms with E-state index in [2.05, 4.69) is 180 Å². The molecule has 0 unspecified atom stereocenters. The van der Waals surface area contributed by atoms with Crippen LogP contribution in [0.3, 0.4) is 0 Å². The van der Waals surface area contributed by atoms with Crippen LogP contribution >= 0.6 is 11.3 Å². The first-order valence-electron chi connectivity index (χ1n) is 20.4. The highest BCUT2D eigenvalue weighted by Crippen LogP contribution is 2.45. The Hall–Kier alpha value is -7.93. The minimum atomic E-state index is 0.581. The van der Waals surface area contributed by atoms with E-state index >= 15 is 0 Å². The molecule has 61 heavy (non-hydrogen) atoms. The van der Waals surface area contributed by atoms with Gasteiger partial charge in [-0.25, -0.2) is 15.0 Å². The summed E-state index contributed by atoms with van der Waals surface area (Å²) in [6.45, 7) is 0. The van der Waals surface area contributed by atoms with Crippen LogP contribution in [0.4, 0.5) is 0 Å². The maximum Gasteiger partial charge on any atom is 0.166 e. The molecule has 284 valence electrons. The molecule has 0 spiro atoms. The average molecular weight is 797 g/mol. The van der Waals surface area contributed by atoms with Crippen molar-refractivity contribution in [2.24, 2.45) is 0 Å². The van der Waals surface area contributed by atoms with Crippen LogP contribution in [0.5, 0.6) is 0 Å². The van der Waals surface area contributed by atoms with E-state index in [1.807, 2.05) is 18.2 Å². The molecule has 4 aromatic heterocycles. The molecule has 5 nitrogen and oxygen atoms in total. The zero-order chi connectivity index (χ0) is 40.0. The fourth-order valence-corrected chi connectivity index (χ4v) is 10.4. The minimum absolute atomic E-state index is 0.581. The van der Waals surface area contributed by atoms with Gasteiger partial charge in [0.2, 0.25) is 0 Å². The van der Waals surface area contributed by atoms with Crippen molar-refractivity contribution in [1.82, 2.24) is 19.5 Å². The lowest BCUT2D eigenvalue weighted by molar-refractivity contribution is 0.669. The number of thiophene rings is 1. The summed E-state index contributed by atoms with van der Waals surface area (Å²) in [5.41, 5.74) is 9.83. The largest absolute Gasteiger partial charge is 0.456 e. The molecule has 0 fully saturated rings. The van der Waals surface area contributed by atoms with Gasteiger partial charge in [-0.1, -0.05) is 146 Å². The van der Waals surface area contributed by atoms with Crippen LogP contribution in [-0.4, -0.2) is 19.5 Å². The quantitative estimate of drug-likeness (QED) is 0.174. The molecule has 0 saturated carbocycles. The van der Waals surface area contributed by atoms with Gasteiger partial charge in [-0.15, -0.1) is 11.3 Å². The number of aromatic nitrogens is 4. The predicted octanol–water partition coefficient (Wildman–Crippen LogP) is 15.1. The van der Waals surface area contributed by atoms with Gasteiger partial charge in [-0.05, 0) is 70.4 Å². The molecule has 0 N–H and O–H groups in total. The second-order valence-electron chi connectivity index (χ2n) is 15.5. The first-order chi connectivity index (χ1) is 30.2. The molecule has 0 aliphatic rings. The Morgan fingerprint density at radius 1 is 0.377 bits per heavy atom. The van der Waals surface area contributed by atoms with Crippen molar-refractivity contribution in [2.45, 2.75) is 0 Å². The van der Waals surface area contributed by atoms with Crippen LogP contribution in [0.1, 0.15) is 0 Å². The van der Waals surface area contributed by atoms with Gasteiger partial charge in [-0.3, -0.25) is 0 Å². The molecular formula is C55H32N4OS. The van der Waals surface area contributed by atoms with E-state index in [-0.39, 0.29) is 0 Å². The number of benzene rings is 9. The van der Waals surface area contributed by atoms with Crippen molar-refractivity contribution >= 4 is 86.0 Å². The van der Waals surface area contributed by atoms with E-state index in [0.29, 0.717) is 17.5 Å².